The zero-order valence-electron chi connectivity index (χ0n) is 14.9. The van der Waals surface area contributed by atoms with Gasteiger partial charge in [-0.3, -0.25) is 19.0 Å². The Hall–Kier alpha value is -2.98. The lowest BCUT2D eigenvalue weighted by atomic mass is 10.1. The van der Waals surface area contributed by atoms with E-state index >= 15 is 0 Å². The largest absolute Gasteiger partial charge is 0.368 e. The number of primary amides is 1. The Morgan fingerprint density at radius 2 is 1.96 bits per heavy atom. The zero-order chi connectivity index (χ0) is 20.1. The van der Waals surface area contributed by atoms with Gasteiger partial charge in [0, 0.05) is 5.56 Å². The second kappa shape index (κ2) is 8.81. The van der Waals surface area contributed by atoms with Gasteiger partial charge in [0.05, 0.1) is 16.3 Å². The van der Waals surface area contributed by atoms with E-state index in [0.717, 1.165) is 16.6 Å². The molecule has 2 aromatic heterocycles. The fourth-order valence-electron chi connectivity index (χ4n) is 2.50. The average Bonchev–Trinajstić information content (AvgIpc) is 3.29. The maximum Gasteiger partial charge on any atom is 0.237 e. The summed E-state index contributed by atoms with van der Waals surface area (Å²) >= 11 is 2.60. The molecule has 3 N–H and O–H groups in total. The maximum absolute atomic E-state index is 12.3. The fraction of sp³-hybridized carbons (Fsp3) is 0.167. The quantitative estimate of drug-likeness (QED) is 0.431. The van der Waals surface area contributed by atoms with Gasteiger partial charge in [-0.25, -0.2) is 0 Å². The van der Waals surface area contributed by atoms with Gasteiger partial charge in [0.1, 0.15) is 6.54 Å². The third-order valence-electron chi connectivity index (χ3n) is 3.69. The third kappa shape index (κ3) is 4.65. The molecule has 2 amide bonds. The van der Waals surface area contributed by atoms with E-state index in [-0.39, 0.29) is 24.0 Å². The number of hydrogen-bond donors (Lipinski definition) is 2. The Morgan fingerprint density at radius 3 is 2.64 bits per heavy atom. The summed E-state index contributed by atoms with van der Waals surface area (Å²) in [6, 6.07) is 10.5. The van der Waals surface area contributed by atoms with Crippen LogP contribution in [-0.4, -0.2) is 38.1 Å². The minimum atomic E-state index is -0.528. The molecule has 3 rings (SSSR count). The predicted molar refractivity (Wildman–Crippen MR) is 108 cm³/mol. The first-order valence-electron chi connectivity index (χ1n) is 8.23. The SMILES string of the molecule is CC(=O)c1ccccc1NC(=O)CSc1nnc(-c2cccs2)n1CC(N)=O. The molecule has 0 unspecified atom stereocenters. The van der Waals surface area contributed by atoms with Gasteiger partial charge < -0.3 is 11.1 Å². The number of carbonyl (C=O) groups is 3. The highest BCUT2D eigenvalue weighted by molar-refractivity contribution is 7.99. The lowest BCUT2D eigenvalue weighted by Crippen LogP contribution is -2.20. The Morgan fingerprint density at radius 1 is 1.18 bits per heavy atom. The molecule has 10 heteroatoms. The van der Waals surface area contributed by atoms with Crippen molar-refractivity contribution >= 4 is 46.4 Å². The summed E-state index contributed by atoms with van der Waals surface area (Å²) in [6.45, 7) is 1.36. The summed E-state index contributed by atoms with van der Waals surface area (Å²) in [6.07, 6.45) is 0. The van der Waals surface area contributed by atoms with E-state index in [0.29, 0.717) is 22.2 Å². The number of carbonyl (C=O) groups excluding carboxylic acids is 3. The molecule has 8 nitrogen and oxygen atoms in total. The van der Waals surface area contributed by atoms with Gasteiger partial charge in [0.2, 0.25) is 11.8 Å². The van der Waals surface area contributed by atoms with Gasteiger partial charge >= 0.3 is 0 Å². The maximum atomic E-state index is 12.3. The van der Waals surface area contributed by atoms with Crippen molar-refractivity contribution in [2.45, 2.75) is 18.6 Å². The molecule has 3 aromatic rings. The molecule has 0 saturated carbocycles. The lowest BCUT2D eigenvalue weighted by molar-refractivity contribution is -0.118. The number of ketones is 1. The van der Waals surface area contributed by atoms with Crippen molar-refractivity contribution in [2.24, 2.45) is 5.73 Å². The van der Waals surface area contributed by atoms with Crippen molar-refractivity contribution in [3.63, 3.8) is 0 Å². The smallest absolute Gasteiger partial charge is 0.237 e. The van der Waals surface area contributed by atoms with E-state index in [9.17, 15) is 14.4 Å². The number of nitrogens with two attached hydrogens (primary N) is 1. The third-order valence-corrected chi connectivity index (χ3v) is 5.52. The number of rotatable bonds is 8. The molecule has 2 heterocycles. The van der Waals surface area contributed by atoms with Crippen LogP contribution in [0.3, 0.4) is 0 Å². The molecule has 0 atom stereocenters. The van der Waals surface area contributed by atoms with E-state index in [2.05, 4.69) is 15.5 Å². The molecular formula is C18H17N5O3S2. The van der Waals surface area contributed by atoms with Crippen molar-refractivity contribution in [2.75, 3.05) is 11.1 Å². The Labute approximate surface area is 169 Å². The number of para-hydroxylation sites is 1. The number of thiophene rings is 1. The molecule has 0 bridgehead atoms. The van der Waals surface area contributed by atoms with Gasteiger partial charge in [-0.2, -0.15) is 0 Å². The molecule has 1 aromatic carbocycles. The highest BCUT2D eigenvalue weighted by Crippen LogP contribution is 2.27. The summed E-state index contributed by atoms with van der Waals surface area (Å²) < 4.78 is 1.59. The molecule has 0 fully saturated rings. The Bertz CT molecular complexity index is 1010. The predicted octanol–water partition coefficient (Wildman–Crippen LogP) is 2.43. The van der Waals surface area contributed by atoms with Gasteiger partial charge in [0.25, 0.3) is 0 Å². The Balaban J connectivity index is 1.73. The van der Waals surface area contributed by atoms with Crippen LogP contribution < -0.4 is 11.1 Å². The summed E-state index contributed by atoms with van der Waals surface area (Å²) in [5, 5.41) is 13.3. The molecule has 0 spiro atoms. The number of amides is 2. The number of hydrogen-bond acceptors (Lipinski definition) is 7. The summed E-state index contributed by atoms with van der Waals surface area (Å²) in [7, 11) is 0. The van der Waals surface area contributed by atoms with Gasteiger partial charge in [-0.05, 0) is 30.5 Å². The summed E-state index contributed by atoms with van der Waals surface area (Å²) in [5.74, 6) is -0.401. The number of thioether (sulfide) groups is 1. The minimum Gasteiger partial charge on any atom is -0.368 e. The molecule has 0 aliphatic heterocycles. The molecule has 0 aliphatic rings. The highest BCUT2D eigenvalue weighted by Gasteiger charge is 2.18. The molecular weight excluding hydrogens is 398 g/mol. The molecule has 0 radical (unpaired) electrons. The van der Waals surface area contributed by atoms with Gasteiger partial charge in [-0.15, -0.1) is 21.5 Å². The standard InChI is InChI=1S/C18H17N5O3S2/c1-11(24)12-5-2-3-6-13(12)20-16(26)10-28-18-22-21-17(14-7-4-8-27-14)23(18)9-15(19)25/h2-8H,9-10H2,1H3,(H2,19,25)(H,20,26). The van der Waals surface area contributed by atoms with E-state index < -0.39 is 5.91 Å². The van der Waals surface area contributed by atoms with Crippen molar-refractivity contribution in [1.29, 1.82) is 0 Å². The molecule has 144 valence electrons. The lowest BCUT2D eigenvalue weighted by Gasteiger charge is -2.09. The second-order valence-corrected chi connectivity index (χ2v) is 7.66. The summed E-state index contributed by atoms with van der Waals surface area (Å²) in [5.41, 5.74) is 6.24. The molecule has 28 heavy (non-hydrogen) atoms. The van der Waals surface area contributed by atoms with Crippen LogP contribution in [0.2, 0.25) is 0 Å². The first-order chi connectivity index (χ1) is 13.5. The topological polar surface area (TPSA) is 120 Å². The van der Waals surface area contributed by atoms with E-state index in [4.69, 9.17) is 5.73 Å². The van der Waals surface area contributed by atoms with Crippen LogP contribution in [0.1, 0.15) is 17.3 Å². The van der Waals surface area contributed by atoms with Crippen molar-refractivity contribution < 1.29 is 14.4 Å². The van der Waals surface area contributed by atoms with Crippen molar-refractivity contribution in [3.05, 3.63) is 47.3 Å². The van der Waals surface area contributed by atoms with Crippen LogP contribution in [0, 0.1) is 0 Å². The molecule has 0 aliphatic carbocycles. The zero-order valence-corrected chi connectivity index (χ0v) is 16.5. The number of aromatic nitrogens is 3. The van der Waals surface area contributed by atoms with Crippen LogP contribution in [0.25, 0.3) is 10.7 Å². The normalized spacial score (nSPS) is 10.6. The van der Waals surface area contributed by atoms with Crippen LogP contribution in [0.4, 0.5) is 5.69 Å². The monoisotopic (exact) mass is 415 g/mol. The highest BCUT2D eigenvalue weighted by atomic mass is 32.2. The van der Waals surface area contributed by atoms with Gasteiger partial charge in [0.15, 0.2) is 16.8 Å². The number of nitrogens with zero attached hydrogens (tertiary/aromatic N) is 3. The van der Waals surface area contributed by atoms with E-state index in [1.165, 1.54) is 18.3 Å². The van der Waals surface area contributed by atoms with Crippen LogP contribution in [0.15, 0.2) is 46.9 Å². The molecule has 0 saturated heterocycles. The van der Waals surface area contributed by atoms with Gasteiger partial charge in [-0.1, -0.05) is 30.0 Å². The second-order valence-electron chi connectivity index (χ2n) is 5.77. The number of benzene rings is 1. The van der Waals surface area contributed by atoms with Crippen LogP contribution >= 0.6 is 23.1 Å². The number of Topliss-reactive ketones (excluding diaryl/α,β-unsaturated/α-hetero) is 1. The first kappa shape index (κ1) is 19.8. The van der Waals surface area contributed by atoms with E-state index in [1.54, 1.807) is 28.8 Å². The number of nitrogens with one attached hydrogen (secondary N) is 1. The number of anilines is 1. The van der Waals surface area contributed by atoms with Crippen LogP contribution in [-0.2, 0) is 16.1 Å². The first-order valence-corrected chi connectivity index (χ1v) is 10.1. The van der Waals surface area contributed by atoms with Crippen molar-refractivity contribution in [1.82, 2.24) is 14.8 Å². The average molecular weight is 416 g/mol. The van der Waals surface area contributed by atoms with Crippen molar-refractivity contribution in [3.8, 4) is 10.7 Å². The Kier molecular flexibility index (Phi) is 6.22. The summed E-state index contributed by atoms with van der Waals surface area (Å²) in [4.78, 5) is 36.3. The van der Waals surface area contributed by atoms with E-state index in [1.807, 2.05) is 17.5 Å². The van der Waals surface area contributed by atoms with Crippen LogP contribution in [0.5, 0.6) is 0 Å². The minimum absolute atomic E-state index is 0.0353. The fourth-order valence-corrected chi connectivity index (χ4v) is 3.95.